The Kier molecular flexibility index (Phi) is 3.54. The number of hydrogen-bond acceptors (Lipinski definition) is 7. The molecule has 2 aromatic heterocycles. The third-order valence-electron chi connectivity index (χ3n) is 3.18. The zero-order chi connectivity index (χ0) is 15.9. The third-order valence-corrected chi connectivity index (χ3v) is 4.24. The van der Waals surface area contributed by atoms with Gasteiger partial charge < -0.3 is 20.3 Å². The Labute approximate surface area is 126 Å². The van der Waals surface area contributed by atoms with Gasteiger partial charge in [-0.3, -0.25) is 18.8 Å². The van der Waals surface area contributed by atoms with E-state index in [1.165, 1.54) is 15.7 Å². The van der Waals surface area contributed by atoms with Gasteiger partial charge in [0.1, 0.15) is 6.54 Å². The van der Waals surface area contributed by atoms with Crippen LogP contribution in [0.15, 0.2) is 4.79 Å². The Balaban J connectivity index is 2.13. The number of thiazole rings is 1. The Morgan fingerprint density at radius 2 is 2.23 bits per heavy atom. The number of fused-ring (bicyclic) bond motifs is 3. The van der Waals surface area contributed by atoms with E-state index in [4.69, 9.17) is 9.84 Å². The van der Waals surface area contributed by atoms with Crippen molar-refractivity contribution < 1.29 is 24.5 Å². The summed E-state index contributed by atoms with van der Waals surface area (Å²) >= 11 is 1.21. The molecule has 10 heteroatoms. The Morgan fingerprint density at radius 1 is 1.45 bits per heavy atom. The molecule has 3 N–H and O–H groups in total. The molecule has 3 rings (SSSR count). The molecule has 0 saturated carbocycles. The van der Waals surface area contributed by atoms with Gasteiger partial charge in [-0.25, -0.2) is 0 Å². The zero-order valence-electron chi connectivity index (χ0n) is 11.2. The summed E-state index contributed by atoms with van der Waals surface area (Å²) in [4.78, 5) is 39.8. The highest BCUT2D eigenvalue weighted by atomic mass is 32.1. The molecule has 0 fully saturated rings. The van der Waals surface area contributed by atoms with Crippen molar-refractivity contribution >= 4 is 28.2 Å². The maximum Gasteiger partial charge on any atom is 0.322 e. The van der Waals surface area contributed by atoms with Crippen molar-refractivity contribution in [1.29, 1.82) is 0 Å². The third kappa shape index (κ3) is 2.31. The first kappa shape index (κ1) is 14.5. The summed E-state index contributed by atoms with van der Waals surface area (Å²) in [6.45, 7) is 0.146. The van der Waals surface area contributed by atoms with Crippen LogP contribution in [0.3, 0.4) is 0 Å². The molecule has 0 radical (unpaired) electrons. The number of carboxylic acids is 1. The molecule has 22 heavy (non-hydrogen) atoms. The van der Waals surface area contributed by atoms with E-state index in [-0.39, 0.29) is 4.96 Å². The van der Waals surface area contributed by atoms with Crippen molar-refractivity contribution in [3.05, 3.63) is 26.5 Å². The van der Waals surface area contributed by atoms with E-state index >= 15 is 0 Å². The summed E-state index contributed by atoms with van der Waals surface area (Å²) in [7, 11) is 0. The van der Waals surface area contributed by atoms with E-state index in [0.29, 0.717) is 25.3 Å². The molecule has 1 aliphatic heterocycles. The summed E-state index contributed by atoms with van der Waals surface area (Å²) in [5.74, 6) is -2.95. The van der Waals surface area contributed by atoms with Gasteiger partial charge in [-0.1, -0.05) is 11.3 Å². The number of aliphatic carboxylic acids is 1. The average molecular weight is 325 g/mol. The molecule has 116 valence electrons. The fourth-order valence-electron chi connectivity index (χ4n) is 2.23. The van der Waals surface area contributed by atoms with E-state index in [1.54, 1.807) is 0 Å². The predicted molar refractivity (Wildman–Crippen MR) is 74.3 cm³/mol. The number of carbonyl (C=O) groups is 2. The van der Waals surface area contributed by atoms with E-state index in [1.807, 2.05) is 5.32 Å². The Hall–Kier alpha value is -2.46. The van der Waals surface area contributed by atoms with Gasteiger partial charge in [0.25, 0.3) is 11.5 Å². The second-order valence-electron chi connectivity index (χ2n) is 4.58. The molecule has 0 atom stereocenters. The molecule has 0 unspecified atom stereocenters. The van der Waals surface area contributed by atoms with Gasteiger partial charge in [0, 0.05) is 12.1 Å². The van der Waals surface area contributed by atoms with Crippen molar-refractivity contribution in [2.75, 3.05) is 13.2 Å². The first-order valence-electron chi connectivity index (χ1n) is 6.33. The van der Waals surface area contributed by atoms with Crippen molar-refractivity contribution in [2.45, 2.75) is 13.0 Å². The normalized spacial score (nSPS) is 13.8. The highest BCUT2D eigenvalue weighted by molar-refractivity contribution is 7.17. The number of carbonyl (C=O) groups excluding carboxylic acids is 1. The largest absolute Gasteiger partial charge is 0.492 e. The molecular formula is C12H11N3O6S. The molecule has 0 spiro atoms. The van der Waals surface area contributed by atoms with Crippen molar-refractivity contribution in [1.82, 2.24) is 14.7 Å². The molecule has 0 aromatic carbocycles. The summed E-state index contributed by atoms with van der Waals surface area (Å²) in [5, 5.41) is 20.4. The number of hydrogen-bond donors (Lipinski definition) is 3. The minimum absolute atomic E-state index is 0.271. The second kappa shape index (κ2) is 5.39. The number of amides is 1. The quantitative estimate of drug-likeness (QED) is 0.683. The van der Waals surface area contributed by atoms with E-state index in [0.717, 1.165) is 4.88 Å². The van der Waals surface area contributed by atoms with Crippen LogP contribution in [0.5, 0.6) is 5.88 Å². The summed E-state index contributed by atoms with van der Waals surface area (Å²) in [6.07, 6.45) is 0.498. The predicted octanol–water partition coefficient (Wildman–Crippen LogP) is -0.651. The van der Waals surface area contributed by atoms with Crippen molar-refractivity contribution in [3.8, 4) is 5.88 Å². The lowest BCUT2D eigenvalue weighted by molar-refractivity contribution is -0.135. The molecule has 0 bridgehead atoms. The minimum Gasteiger partial charge on any atom is -0.492 e. The lowest BCUT2D eigenvalue weighted by Gasteiger charge is -2.11. The number of aromatic nitrogens is 2. The van der Waals surface area contributed by atoms with Crippen LogP contribution in [-0.2, 0) is 22.6 Å². The zero-order valence-corrected chi connectivity index (χ0v) is 12.0. The fourth-order valence-corrected chi connectivity index (χ4v) is 3.32. The summed E-state index contributed by atoms with van der Waals surface area (Å²) in [6, 6.07) is 0. The standard InChI is InChI=1S/C12H11N3O6S/c16-7(17)3-13-9(18)8-10(19)14-12-15(11(8)20)5-1-2-21-4-6(5)22-12/h19H,1-4H2,(H,13,18)(H,16,17). The fraction of sp³-hybridized carbons (Fsp3) is 0.333. The SMILES string of the molecule is O=C(O)CNC(=O)c1c(O)nc2sc3c(n2c1=O)CCOC3. The van der Waals surface area contributed by atoms with Crippen LogP contribution in [0.1, 0.15) is 20.9 Å². The van der Waals surface area contributed by atoms with Gasteiger partial charge in [-0.05, 0) is 0 Å². The average Bonchev–Trinajstić information content (AvgIpc) is 2.83. The van der Waals surface area contributed by atoms with Crippen LogP contribution in [0.2, 0.25) is 0 Å². The van der Waals surface area contributed by atoms with Crippen LogP contribution < -0.4 is 10.9 Å². The molecule has 2 aromatic rings. The number of rotatable bonds is 3. The molecule has 9 nitrogen and oxygen atoms in total. The number of aromatic hydroxyl groups is 1. The second-order valence-corrected chi connectivity index (χ2v) is 5.65. The van der Waals surface area contributed by atoms with Gasteiger partial charge >= 0.3 is 5.97 Å². The van der Waals surface area contributed by atoms with Crippen LogP contribution in [0.4, 0.5) is 0 Å². The number of nitrogens with one attached hydrogen (secondary N) is 1. The Bertz CT molecular complexity index is 839. The van der Waals surface area contributed by atoms with Gasteiger partial charge in [0.05, 0.1) is 18.1 Å². The van der Waals surface area contributed by atoms with Crippen molar-refractivity contribution in [3.63, 3.8) is 0 Å². The van der Waals surface area contributed by atoms with Gasteiger partial charge in [0.15, 0.2) is 5.56 Å². The maximum atomic E-state index is 12.5. The van der Waals surface area contributed by atoms with E-state index in [2.05, 4.69) is 4.98 Å². The monoisotopic (exact) mass is 325 g/mol. The minimum atomic E-state index is -1.26. The van der Waals surface area contributed by atoms with Gasteiger partial charge in [-0.2, -0.15) is 4.98 Å². The van der Waals surface area contributed by atoms with Crippen LogP contribution in [0, 0.1) is 0 Å². The summed E-state index contributed by atoms with van der Waals surface area (Å²) in [5.41, 5.74) is -0.577. The lowest BCUT2D eigenvalue weighted by atomic mass is 10.2. The molecule has 0 aliphatic carbocycles. The Morgan fingerprint density at radius 3 is 2.95 bits per heavy atom. The lowest BCUT2D eigenvalue weighted by Crippen LogP contribution is -2.35. The number of carboxylic acid groups (broad SMARTS) is 1. The molecule has 0 saturated heterocycles. The molecular weight excluding hydrogens is 314 g/mol. The highest BCUT2D eigenvalue weighted by Crippen LogP contribution is 2.27. The first-order chi connectivity index (χ1) is 10.5. The van der Waals surface area contributed by atoms with E-state index < -0.39 is 35.4 Å². The summed E-state index contributed by atoms with van der Waals surface area (Å²) < 4.78 is 6.57. The van der Waals surface area contributed by atoms with E-state index in [9.17, 15) is 19.5 Å². The topological polar surface area (TPSA) is 130 Å². The smallest absolute Gasteiger partial charge is 0.322 e. The van der Waals surface area contributed by atoms with Crippen LogP contribution in [0.25, 0.3) is 4.96 Å². The number of nitrogens with zero attached hydrogens (tertiary/aromatic N) is 2. The van der Waals surface area contributed by atoms with Gasteiger partial charge in [0.2, 0.25) is 10.8 Å². The number of ether oxygens (including phenoxy) is 1. The van der Waals surface area contributed by atoms with Crippen LogP contribution in [-0.4, -0.2) is 44.6 Å². The maximum absolute atomic E-state index is 12.5. The molecule has 1 aliphatic rings. The van der Waals surface area contributed by atoms with Crippen molar-refractivity contribution in [2.24, 2.45) is 0 Å². The highest BCUT2D eigenvalue weighted by Gasteiger charge is 2.25. The van der Waals surface area contributed by atoms with Gasteiger partial charge in [-0.15, -0.1) is 0 Å². The molecule has 1 amide bonds. The van der Waals surface area contributed by atoms with Crippen LogP contribution >= 0.6 is 11.3 Å². The molecule has 3 heterocycles. The first-order valence-corrected chi connectivity index (χ1v) is 7.14.